The zero-order valence-corrected chi connectivity index (χ0v) is 10.6. The highest BCUT2D eigenvalue weighted by molar-refractivity contribution is 6.05. The second kappa shape index (κ2) is 4.17. The molecule has 1 aliphatic heterocycles. The number of aromatic hydroxyl groups is 2. The smallest absolute Gasteiger partial charge is 0.130 e. The van der Waals surface area contributed by atoms with E-state index in [0.29, 0.717) is 29.9 Å². The molecule has 3 rings (SSSR count). The molecular formula is C14H13N3O3. The van der Waals surface area contributed by atoms with Gasteiger partial charge in [0.25, 0.3) is 0 Å². The van der Waals surface area contributed by atoms with Crippen LogP contribution in [0, 0.1) is 22.7 Å². The normalized spacial score (nSPS) is 24.4. The van der Waals surface area contributed by atoms with Crippen LogP contribution in [-0.2, 0) is 6.42 Å². The Labute approximate surface area is 115 Å². The number of nitrogens with two attached hydrogens (primary N) is 1. The van der Waals surface area contributed by atoms with Gasteiger partial charge in [0, 0.05) is 35.7 Å². The molecule has 1 aliphatic carbocycles. The van der Waals surface area contributed by atoms with E-state index in [1.54, 1.807) is 0 Å². The van der Waals surface area contributed by atoms with Crippen molar-refractivity contribution in [1.82, 2.24) is 0 Å². The summed E-state index contributed by atoms with van der Waals surface area (Å²) in [5.74, 6) is -0.0382. The van der Waals surface area contributed by atoms with Gasteiger partial charge in [0.2, 0.25) is 0 Å². The molecule has 2 unspecified atom stereocenters. The number of nitrogens with zero attached hydrogens (tertiary/aromatic N) is 1. The quantitative estimate of drug-likeness (QED) is 0.564. The molecule has 6 nitrogen and oxygen atoms in total. The molecule has 0 saturated heterocycles. The molecule has 1 heterocycles. The molecule has 1 aromatic rings. The second-order valence-corrected chi connectivity index (χ2v) is 5.04. The van der Waals surface area contributed by atoms with E-state index < -0.39 is 0 Å². The maximum atomic E-state index is 9.88. The van der Waals surface area contributed by atoms with Crippen molar-refractivity contribution in [3.8, 4) is 23.3 Å². The first-order chi connectivity index (χ1) is 9.51. The van der Waals surface area contributed by atoms with E-state index in [4.69, 9.17) is 21.1 Å². The largest absolute Gasteiger partial charge is 0.508 e. The molecule has 2 atom stereocenters. The Bertz CT molecular complexity index is 688. The lowest BCUT2D eigenvalue weighted by molar-refractivity contribution is 0.139. The van der Waals surface area contributed by atoms with Gasteiger partial charge in [-0.25, -0.2) is 0 Å². The van der Waals surface area contributed by atoms with Crippen LogP contribution in [0.2, 0.25) is 0 Å². The van der Waals surface area contributed by atoms with E-state index in [1.807, 2.05) is 6.07 Å². The lowest BCUT2D eigenvalue weighted by atomic mass is 9.77. The number of rotatable bonds is 0. The van der Waals surface area contributed by atoms with Crippen LogP contribution in [0.4, 0.5) is 0 Å². The van der Waals surface area contributed by atoms with E-state index >= 15 is 0 Å². The third-order valence-corrected chi connectivity index (χ3v) is 3.82. The number of nitrogens with one attached hydrogen (secondary N) is 1. The van der Waals surface area contributed by atoms with Crippen molar-refractivity contribution in [2.45, 2.75) is 18.9 Å². The molecule has 0 bridgehead atoms. The molecule has 102 valence electrons. The van der Waals surface area contributed by atoms with Crippen molar-refractivity contribution in [2.75, 3.05) is 0 Å². The fourth-order valence-electron chi connectivity index (χ4n) is 2.80. The minimum absolute atomic E-state index is 0.0627. The minimum Gasteiger partial charge on any atom is -0.508 e. The Morgan fingerprint density at radius 2 is 2.10 bits per heavy atom. The first-order valence-corrected chi connectivity index (χ1v) is 6.20. The summed E-state index contributed by atoms with van der Waals surface area (Å²) in [6.45, 7) is 0. The van der Waals surface area contributed by atoms with Gasteiger partial charge in [-0.15, -0.1) is 0 Å². The van der Waals surface area contributed by atoms with Crippen molar-refractivity contribution in [3.05, 3.63) is 29.0 Å². The van der Waals surface area contributed by atoms with Crippen LogP contribution >= 0.6 is 0 Å². The summed E-state index contributed by atoms with van der Waals surface area (Å²) in [5.41, 5.74) is 7.06. The van der Waals surface area contributed by atoms with Gasteiger partial charge in [0.15, 0.2) is 0 Å². The second-order valence-electron chi connectivity index (χ2n) is 5.04. The molecule has 5 N–H and O–H groups in total. The molecule has 0 amide bonds. The van der Waals surface area contributed by atoms with Crippen LogP contribution in [0.15, 0.2) is 23.4 Å². The van der Waals surface area contributed by atoms with Crippen molar-refractivity contribution in [2.24, 2.45) is 11.7 Å². The molecule has 0 radical (unpaired) electrons. The number of hydrogen-bond acceptors (Lipinski definition) is 6. The zero-order valence-electron chi connectivity index (χ0n) is 10.6. The van der Waals surface area contributed by atoms with Gasteiger partial charge in [-0.2, -0.15) is 5.26 Å². The maximum absolute atomic E-state index is 9.88. The number of allylic oxidation sites excluding steroid dienone is 1. The van der Waals surface area contributed by atoms with Gasteiger partial charge in [0.1, 0.15) is 29.4 Å². The molecule has 0 saturated carbocycles. The highest BCUT2D eigenvalue weighted by atomic mass is 16.5. The fraction of sp³-hybridized carbons (Fsp3) is 0.286. The summed E-state index contributed by atoms with van der Waals surface area (Å²) in [5, 5.41) is 36.5. The SMILES string of the molecule is N#CC1=C(N)CC2Oc3cc(O)cc(O)c3CC2C1=N. The minimum atomic E-state index is -0.340. The van der Waals surface area contributed by atoms with Crippen molar-refractivity contribution in [1.29, 1.82) is 10.7 Å². The lowest BCUT2D eigenvalue weighted by Gasteiger charge is -2.37. The summed E-state index contributed by atoms with van der Waals surface area (Å²) in [4.78, 5) is 0. The number of ether oxygens (including phenoxy) is 1. The fourth-order valence-corrected chi connectivity index (χ4v) is 2.80. The molecule has 1 aromatic carbocycles. The monoisotopic (exact) mass is 271 g/mol. The molecule has 6 heteroatoms. The molecule has 0 aromatic heterocycles. The Kier molecular flexibility index (Phi) is 2.57. The van der Waals surface area contributed by atoms with Crippen molar-refractivity contribution >= 4 is 5.71 Å². The highest BCUT2D eigenvalue weighted by Gasteiger charge is 2.40. The van der Waals surface area contributed by atoms with Crippen LogP contribution in [0.3, 0.4) is 0 Å². The summed E-state index contributed by atoms with van der Waals surface area (Å²) in [6, 6.07) is 4.64. The highest BCUT2D eigenvalue weighted by Crippen LogP contribution is 2.43. The summed E-state index contributed by atoms with van der Waals surface area (Å²) < 4.78 is 5.75. The predicted molar refractivity (Wildman–Crippen MR) is 70.6 cm³/mol. The number of phenols is 2. The van der Waals surface area contributed by atoms with E-state index in [-0.39, 0.29) is 34.8 Å². The number of benzene rings is 1. The van der Waals surface area contributed by atoms with E-state index in [2.05, 4.69) is 0 Å². The molecule has 2 aliphatic rings. The maximum Gasteiger partial charge on any atom is 0.130 e. The Morgan fingerprint density at radius 1 is 1.35 bits per heavy atom. The van der Waals surface area contributed by atoms with Crippen LogP contribution in [-0.4, -0.2) is 22.0 Å². The van der Waals surface area contributed by atoms with E-state index in [0.717, 1.165) is 0 Å². The first kappa shape index (κ1) is 12.4. The molecule has 0 fully saturated rings. The lowest BCUT2D eigenvalue weighted by Crippen LogP contribution is -2.43. The van der Waals surface area contributed by atoms with Gasteiger partial charge in [0.05, 0.1) is 11.3 Å². The molecule has 20 heavy (non-hydrogen) atoms. The summed E-state index contributed by atoms with van der Waals surface area (Å²) in [6.07, 6.45) is 0.420. The van der Waals surface area contributed by atoms with Crippen LogP contribution in [0.25, 0.3) is 0 Å². The third-order valence-electron chi connectivity index (χ3n) is 3.82. The number of nitriles is 1. The first-order valence-electron chi connectivity index (χ1n) is 6.20. The standard InChI is InChI=1S/C14H13N3O3/c15-5-9-10(16)4-13-8(14(9)17)3-7-11(19)1-6(18)2-12(7)20-13/h1-2,8,13,17-19H,3-4,16H2. The van der Waals surface area contributed by atoms with Crippen LogP contribution in [0.1, 0.15) is 12.0 Å². The van der Waals surface area contributed by atoms with Gasteiger partial charge < -0.3 is 26.1 Å². The zero-order chi connectivity index (χ0) is 14.4. The number of fused-ring (bicyclic) bond motifs is 2. The average Bonchev–Trinajstić information content (AvgIpc) is 2.37. The topological polar surface area (TPSA) is 123 Å². The predicted octanol–water partition coefficient (Wildman–Crippen LogP) is 1.18. The van der Waals surface area contributed by atoms with Gasteiger partial charge >= 0.3 is 0 Å². The van der Waals surface area contributed by atoms with Crippen LogP contribution in [0.5, 0.6) is 17.2 Å². The van der Waals surface area contributed by atoms with Gasteiger partial charge in [-0.05, 0) is 6.42 Å². The third kappa shape index (κ3) is 1.67. The average molecular weight is 271 g/mol. The summed E-state index contributed by atoms with van der Waals surface area (Å²) >= 11 is 0. The van der Waals surface area contributed by atoms with E-state index in [1.165, 1.54) is 12.1 Å². The molecule has 0 spiro atoms. The van der Waals surface area contributed by atoms with Crippen molar-refractivity contribution in [3.63, 3.8) is 0 Å². The summed E-state index contributed by atoms with van der Waals surface area (Å²) in [7, 11) is 0. The molecular weight excluding hydrogens is 258 g/mol. The number of phenolic OH excluding ortho intramolecular Hbond substituents is 2. The van der Waals surface area contributed by atoms with Crippen LogP contribution < -0.4 is 10.5 Å². The van der Waals surface area contributed by atoms with Gasteiger partial charge in [-0.3, -0.25) is 0 Å². The van der Waals surface area contributed by atoms with E-state index in [9.17, 15) is 10.2 Å². The van der Waals surface area contributed by atoms with Gasteiger partial charge in [-0.1, -0.05) is 0 Å². The number of hydrogen-bond donors (Lipinski definition) is 4. The Morgan fingerprint density at radius 3 is 2.80 bits per heavy atom. The Hall–Kier alpha value is -2.68. The Balaban J connectivity index is 2.04. The van der Waals surface area contributed by atoms with Crippen molar-refractivity contribution < 1.29 is 14.9 Å².